The molecule has 0 bridgehead atoms. The summed E-state index contributed by atoms with van der Waals surface area (Å²) in [4.78, 5) is 276. The van der Waals surface area contributed by atoms with Gasteiger partial charge in [0.15, 0.2) is 47.3 Å². The standard InChI is InChI=1S/C90H124N18O27S3/c1-9-15-76(122)134-46-108(86(129)61(48(5)10-2)39-70(114)66-17-11-12-30-107(66)8)67(47(3)4)41-71(135-50(7)109)85-102-65(45-136-85)83(127)98-57(33-51-19-25-59(110)26-20-51)32-49(6)79(123)106-105-72(115)18-14-31-137-138-44-55(87(130)131)36-69(113)64(40-75(120)121)101-82(126)54(38-74(118)119)35-68(112)62(16-13-29-94-89(91)92)99-81(125)53(37-73(116)117)34-60(111)27-28-63(88(132)133)100-80(124)52-21-23-56(24-22-52)95-42-58-43-96-78-77(97-58)84(128)104-90(93)103-78/h19-26,43,45,47-49,53-55,57,61-64,66-67,71,95,110H,9-18,27-42,44,46H2,1-8H3,(H,98,127)(H,99,125)(H,100,124)(H,101,126)(H,105,115)(H,106,123)(H,116,117)(H,118,119)(H,120,121)(H,130,131)(H,132,133)(H4,91,92,94)(H3,93,96,103,104,128)/t48?,49-,53-,54-,55+,57+,61-,62-,63-,64-,66+,67+,71+/m0/s1. The van der Waals surface area contributed by atoms with Crippen LogP contribution < -0.4 is 59.8 Å². The van der Waals surface area contributed by atoms with E-state index >= 15 is 4.79 Å². The van der Waals surface area contributed by atoms with Crippen molar-refractivity contribution in [1.29, 1.82) is 5.41 Å². The van der Waals surface area contributed by atoms with E-state index in [1.54, 1.807) is 19.1 Å². The van der Waals surface area contributed by atoms with Gasteiger partial charge in [-0.1, -0.05) is 88.1 Å². The number of hydrogen-bond acceptors (Lipinski definition) is 33. The zero-order chi connectivity index (χ0) is 102. The van der Waals surface area contributed by atoms with Crippen molar-refractivity contribution in [2.24, 2.45) is 47.2 Å². The van der Waals surface area contributed by atoms with Crippen LogP contribution in [0, 0.1) is 46.8 Å². The number of hydrogen-bond donors (Lipinski definition) is 18. The second-order valence-electron chi connectivity index (χ2n) is 34.2. The number of aliphatic carboxylic acids is 5. The van der Waals surface area contributed by atoms with E-state index in [0.29, 0.717) is 36.2 Å². The zero-order valence-electron chi connectivity index (χ0n) is 78.0. The molecule has 0 aliphatic carbocycles. The van der Waals surface area contributed by atoms with Gasteiger partial charge in [0.2, 0.25) is 35.5 Å². The lowest BCUT2D eigenvalue weighted by atomic mass is 9.82. The smallest absolute Gasteiger partial charge is 0.326 e. The number of benzene rings is 2. The van der Waals surface area contributed by atoms with Crippen molar-refractivity contribution in [3.05, 3.63) is 98.0 Å². The number of Topliss-reactive ketones (excluding diaryl/α,β-unsaturated/α-hetero) is 4. The number of carboxylic acid groups (broad SMARTS) is 5. The number of likely N-dealkylation sites (N-methyl/N-ethyl adjacent to an activating group) is 1. The topological polar surface area (TPSA) is 710 Å². The number of esters is 2. The summed E-state index contributed by atoms with van der Waals surface area (Å²) in [5.41, 5.74) is 16.4. The lowest BCUT2D eigenvalue weighted by Gasteiger charge is -2.39. The minimum absolute atomic E-state index is 0.0115. The Bertz CT molecular complexity index is 5180. The molecule has 13 atom stereocenters. The average Bonchev–Trinajstić information content (AvgIpc) is 1.18. The van der Waals surface area contributed by atoms with Crippen LogP contribution in [0.3, 0.4) is 0 Å². The predicted octanol–water partition coefficient (Wildman–Crippen LogP) is 5.13. The van der Waals surface area contributed by atoms with Crippen LogP contribution in [-0.4, -0.2) is 252 Å². The number of nitrogens with zero attached hydrogens (tertiary/aromatic N) is 6. The van der Waals surface area contributed by atoms with Gasteiger partial charge in [-0.3, -0.25) is 112 Å². The Morgan fingerprint density at radius 2 is 1.35 bits per heavy atom. The highest BCUT2D eigenvalue weighted by molar-refractivity contribution is 8.76. The van der Waals surface area contributed by atoms with E-state index in [4.69, 9.17) is 26.4 Å². The number of nitrogens with two attached hydrogens (primary N) is 2. The van der Waals surface area contributed by atoms with Crippen molar-refractivity contribution in [2.45, 2.75) is 239 Å². The van der Waals surface area contributed by atoms with Crippen LogP contribution >= 0.6 is 32.9 Å². The molecule has 138 heavy (non-hydrogen) atoms. The van der Waals surface area contributed by atoms with E-state index in [2.05, 4.69) is 67.7 Å². The Labute approximate surface area is 806 Å². The third-order valence-corrected chi connectivity index (χ3v) is 26.4. The summed E-state index contributed by atoms with van der Waals surface area (Å²) in [6, 6.07) is 4.46. The van der Waals surface area contributed by atoms with Gasteiger partial charge in [0.25, 0.3) is 17.4 Å². The lowest BCUT2D eigenvalue weighted by molar-refractivity contribution is -0.162. The average molecular weight is 1990 g/mol. The van der Waals surface area contributed by atoms with Gasteiger partial charge in [0.1, 0.15) is 28.3 Å². The summed E-state index contributed by atoms with van der Waals surface area (Å²) in [7, 11) is 3.94. The van der Waals surface area contributed by atoms with Crippen molar-refractivity contribution in [1.82, 2.24) is 72.2 Å². The summed E-state index contributed by atoms with van der Waals surface area (Å²) < 4.78 is 11.6. The van der Waals surface area contributed by atoms with Crippen LogP contribution in [0.4, 0.5) is 11.6 Å². The van der Waals surface area contributed by atoms with Crippen LogP contribution in [-0.2, 0) is 99.2 Å². The summed E-state index contributed by atoms with van der Waals surface area (Å²) >= 11 is 1.01. The van der Waals surface area contributed by atoms with Gasteiger partial charge < -0.3 is 88.4 Å². The number of carbonyl (C=O) groups is 18. The Kier molecular flexibility index (Phi) is 47.1. The fourth-order valence-electron chi connectivity index (χ4n) is 15.2. The normalized spacial score (nSPS) is 15.2. The van der Waals surface area contributed by atoms with Gasteiger partial charge in [0.05, 0.1) is 73.6 Å². The maximum absolute atomic E-state index is 15.1. The maximum Gasteiger partial charge on any atom is 0.326 e. The number of rotatable bonds is 62. The van der Waals surface area contributed by atoms with Gasteiger partial charge in [-0.05, 0) is 125 Å². The van der Waals surface area contributed by atoms with Crippen LogP contribution in [0.15, 0.2) is 64.9 Å². The molecule has 754 valence electrons. The molecule has 1 saturated heterocycles. The van der Waals surface area contributed by atoms with Crippen LogP contribution in [0.1, 0.15) is 227 Å². The van der Waals surface area contributed by atoms with Crippen molar-refractivity contribution >= 4 is 168 Å². The first-order valence-corrected chi connectivity index (χ1v) is 48.5. The van der Waals surface area contributed by atoms with Gasteiger partial charge in [0, 0.05) is 117 Å². The summed E-state index contributed by atoms with van der Waals surface area (Å²) in [5, 5.41) is 84.5. The van der Waals surface area contributed by atoms with E-state index in [-0.39, 0.29) is 145 Å². The molecule has 2 aromatic carbocycles. The highest BCUT2D eigenvalue weighted by Gasteiger charge is 2.42. The molecule has 3 aromatic heterocycles. The monoisotopic (exact) mass is 1980 g/mol. The highest BCUT2D eigenvalue weighted by Crippen LogP contribution is 2.35. The number of ketones is 4. The van der Waals surface area contributed by atoms with Gasteiger partial charge >= 0.3 is 41.8 Å². The minimum atomic E-state index is -2.01. The number of thiazole rings is 1. The molecule has 1 aliphatic heterocycles. The van der Waals surface area contributed by atoms with E-state index in [9.17, 15) is 117 Å². The number of guanidine groups is 1. The molecule has 0 radical (unpaired) electrons. The molecule has 1 unspecified atom stereocenters. The van der Waals surface area contributed by atoms with E-state index in [1.807, 2.05) is 46.6 Å². The molecule has 4 heterocycles. The number of likely N-dealkylation sites (tertiary alicyclic amines) is 1. The largest absolute Gasteiger partial charge is 0.508 e. The number of anilines is 2. The van der Waals surface area contributed by atoms with Crippen molar-refractivity contribution in [2.75, 3.05) is 49.4 Å². The minimum Gasteiger partial charge on any atom is -0.508 e. The van der Waals surface area contributed by atoms with Gasteiger partial charge in [-0.25, -0.2) is 19.7 Å². The number of hydrazine groups is 1. The number of carboxylic acids is 5. The molecule has 6 rings (SSSR count). The Balaban J connectivity index is 1.02. The molecule has 0 spiro atoms. The zero-order valence-corrected chi connectivity index (χ0v) is 80.4. The molecular formula is C90H124N18O27S3. The SMILES string of the molecule is CCCC(=O)OCN(C(=O)[C@@H](CC(=O)[C@H]1CCCCN1C)C(C)CC)[C@H](C[C@@H](OC(C)=O)c1nc(C(=O)N[C@@H](Cc2ccc(O)cc2)C[C@H](C)C(=O)NNC(=O)CCCSSC[C@@H](CC(=O)[C@H](CC(=O)O)NC(=O)[C@H](CC(=O)O)CC(=O)[C@H](CCCNC(=N)N)NC(=O)[C@H](CC(=O)O)CC(=O)CC[C@H](NC(=O)c2ccc(NCc3cnc4nc(N)[nH]c(=O)c4n3)cc2)C(=O)O)C(=O)O)cs1)C(C)C. The van der Waals surface area contributed by atoms with Gasteiger partial charge in [-0.2, -0.15) is 4.98 Å². The predicted molar refractivity (Wildman–Crippen MR) is 504 cm³/mol. The molecule has 7 amide bonds. The molecule has 45 nitrogen and oxygen atoms in total. The number of phenols is 1. The number of ether oxygens (including phenoxy) is 2. The molecule has 5 aromatic rings. The van der Waals surface area contributed by atoms with Crippen LogP contribution in [0.2, 0.25) is 0 Å². The number of aromatic nitrogens is 5. The molecule has 1 aliphatic rings. The van der Waals surface area contributed by atoms with E-state index < -0.39 is 236 Å². The number of piperidine rings is 1. The number of phenolic OH excluding ortho intramolecular Hbond substituents is 1. The first-order valence-electron chi connectivity index (χ1n) is 45.1. The third kappa shape index (κ3) is 38.8. The molecule has 0 saturated carbocycles. The lowest BCUT2D eigenvalue weighted by Crippen LogP contribution is -2.50. The fraction of sp³-hybridized carbons (Fsp3) is 0.556. The second-order valence-corrected chi connectivity index (χ2v) is 37.7. The molecule has 1 fully saturated rings. The highest BCUT2D eigenvalue weighted by atomic mass is 33.1. The first-order chi connectivity index (χ1) is 65.3. The number of H-pyrrole nitrogens is 1. The molecular weight excluding hydrogens is 1860 g/mol. The van der Waals surface area contributed by atoms with Crippen molar-refractivity contribution < 1.29 is 126 Å². The number of aromatic hydroxyl groups is 1. The summed E-state index contributed by atoms with van der Waals surface area (Å²) in [6.07, 6.45) is -3.94. The van der Waals surface area contributed by atoms with E-state index in [0.717, 1.165) is 52.3 Å². The van der Waals surface area contributed by atoms with E-state index in [1.165, 1.54) is 59.8 Å². The van der Waals surface area contributed by atoms with Gasteiger partial charge in [-0.15, -0.1) is 11.3 Å². The molecule has 48 heteroatoms. The Morgan fingerprint density at radius 1 is 0.696 bits per heavy atom. The van der Waals surface area contributed by atoms with Crippen LogP contribution in [0.5, 0.6) is 5.75 Å². The summed E-state index contributed by atoms with van der Waals surface area (Å²) in [6.45, 7) is 12.3. The second kappa shape index (κ2) is 57.2. The number of carbonyl (C=O) groups excluding carboxylic acids is 13. The number of fused-ring (bicyclic) bond motifs is 1. The quantitative estimate of drug-likeness (QED) is 0.00456. The van der Waals surface area contributed by atoms with Crippen molar-refractivity contribution in [3.63, 3.8) is 0 Å². The fourth-order valence-corrected chi connectivity index (χ4v) is 18.4. The Morgan fingerprint density at radius 3 is 1.96 bits per heavy atom. The molecule has 20 N–H and O–H groups in total. The third-order valence-electron chi connectivity index (χ3n) is 22.9. The first kappa shape index (κ1) is 114. The summed E-state index contributed by atoms with van der Waals surface area (Å²) in [5.74, 6) is -26.6. The van der Waals surface area contributed by atoms with Crippen LogP contribution in [0.25, 0.3) is 11.2 Å². The number of amides is 7. The number of aromatic amines is 1. The number of nitrogens with one attached hydrogen (secondary N) is 10. The Hall–Kier alpha value is -13.1. The van der Waals surface area contributed by atoms with Crippen molar-refractivity contribution in [3.8, 4) is 5.75 Å². The maximum atomic E-state index is 15.1. The number of nitrogen functional groups attached to an aromatic ring is 1.